The second kappa shape index (κ2) is 2.52. The van der Waals surface area contributed by atoms with Crippen LogP contribution in [0.4, 0.5) is 0 Å². The number of nitrogens with zero attached hydrogens (tertiary/aromatic N) is 1. The van der Waals surface area contributed by atoms with Crippen molar-refractivity contribution in [3.63, 3.8) is 0 Å². The SMILES string of the molecule is [2H]c1c([2H])c(C#N)c([2H])c([2H])c1Cl. The zero-order valence-corrected chi connectivity index (χ0v) is 5.08. The molecule has 0 saturated carbocycles. The number of nitriles is 1. The lowest BCUT2D eigenvalue weighted by atomic mass is 10.2. The van der Waals surface area contributed by atoms with E-state index in [0.717, 1.165) is 0 Å². The predicted octanol–water partition coefficient (Wildman–Crippen LogP) is 2.21. The van der Waals surface area contributed by atoms with Crippen molar-refractivity contribution >= 4 is 11.6 Å². The first-order valence-corrected chi connectivity index (χ1v) is 2.54. The fourth-order valence-corrected chi connectivity index (χ4v) is 0.448. The lowest BCUT2D eigenvalue weighted by Crippen LogP contribution is -1.69. The van der Waals surface area contributed by atoms with Gasteiger partial charge in [-0.05, 0) is 24.2 Å². The molecule has 0 aromatic heterocycles. The highest BCUT2D eigenvalue weighted by Gasteiger charge is 1.86. The molecule has 0 unspecified atom stereocenters. The van der Waals surface area contributed by atoms with Crippen LogP contribution < -0.4 is 0 Å². The van der Waals surface area contributed by atoms with E-state index in [1.54, 1.807) is 6.07 Å². The molecule has 0 aliphatic carbocycles. The first-order chi connectivity index (χ1) is 6.00. The summed E-state index contributed by atoms with van der Waals surface area (Å²) in [5.41, 5.74) is -0.278. The van der Waals surface area contributed by atoms with Gasteiger partial charge in [-0.15, -0.1) is 0 Å². The molecule has 1 aromatic rings. The van der Waals surface area contributed by atoms with Crippen LogP contribution in [0.1, 0.15) is 11.0 Å². The summed E-state index contributed by atoms with van der Waals surface area (Å²) < 4.78 is 29.1. The van der Waals surface area contributed by atoms with Crippen molar-refractivity contribution in [2.75, 3.05) is 0 Å². The Morgan fingerprint density at radius 2 is 2.00 bits per heavy atom. The third-order valence-electron chi connectivity index (χ3n) is 0.706. The molecule has 0 aliphatic heterocycles. The van der Waals surface area contributed by atoms with Crippen molar-refractivity contribution in [2.45, 2.75) is 0 Å². The van der Waals surface area contributed by atoms with Gasteiger partial charge in [0.1, 0.15) is 0 Å². The topological polar surface area (TPSA) is 23.8 Å². The first-order valence-electron chi connectivity index (χ1n) is 4.16. The number of hydrogen-bond acceptors (Lipinski definition) is 1. The molecule has 0 atom stereocenters. The van der Waals surface area contributed by atoms with Crippen molar-refractivity contribution in [2.24, 2.45) is 0 Å². The van der Waals surface area contributed by atoms with Gasteiger partial charge in [-0.3, -0.25) is 0 Å². The molecule has 2 heteroatoms. The summed E-state index contributed by atoms with van der Waals surface area (Å²) in [5, 5.41) is 8.28. The Hall–Kier alpha value is -1.000. The van der Waals surface area contributed by atoms with E-state index in [9.17, 15) is 0 Å². The van der Waals surface area contributed by atoms with Crippen molar-refractivity contribution in [1.82, 2.24) is 0 Å². The summed E-state index contributed by atoms with van der Waals surface area (Å²) >= 11 is 5.49. The largest absolute Gasteiger partial charge is 0.192 e. The van der Waals surface area contributed by atoms with Gasteiger partial charge in [0.25, 0.3) is 0 Å². The van der Waals surface area contributed by atoms with Crippen LogP contribution in [0, 0.1) is 11.3 Å². The lowest BCUT2D eigenvalue weighted by molar-refractivity contribution is 1.49. The maximum absolute atomic E-state index is 8.54. The van der Waals surface area contributed by atoms with Gasteiger partial charge in [-0.25, -0.2) is 0 Å². The molecule has 9 heavy (non-hydrogen) atoms. The molecule has 0 fully saturated rings. The summed E-state index contributed by atoms with van der Waals surface area (Å²) in [6.07, 6.45) is 0. The Labute approximate surface area is 64.1 Å². The first kappa shape index (κ1) is 2.72. The van der Waals surface area contributed by atoms with Crippen LogP contribution in [-0.4, -0.2) is 0 Å². The Bertz CT molecular complexity index is 381. The van der Waals surface area contributed by atoms with Gasteiger partial charge < -0.3 is 0 Å². The highest BCUT2D eigenvalue weighted by atomic mass is 35.5. The Balaban J connectivity index is 3.69. The molecule has 0 aliphatic rings. The Morgan fingerprint density at radius 1 is 1.44 bits per heavy atom. The normalized spacial score (nSPS) is 14.7. The van der Waals surface area contributed by atoms with E-state index < -0.39 is 12.1 Å². The van der Waals surface area contributed by atoms with Gasteiger partial charge in [-0.1, -0.05) is 11.6 Å². The van der Waals surface area contributed by atoms with Crippen LogP contribution in [-0.2, 0) is 0 Å². The van der Waals surface area contributed by atoms with Crippen LogP contribution in [0.25, 0.3) is 0 Å². The van der Waals surface area contributed by atoms with Crippen molar-refractivity contribution in [3.8, 4) is 6.07 Å². The molecule has 0 heterocycles. The third kappa shape index (κ3) is 1.45. The molecule has 44 valence electrons. The summed E-state index contributed by atoms with van der Waals surface area (Å²) in [4.78, 5) is 0. The van der Waals surface area contributed by atoms with Gasteiger partial charge in [0.05, 0.1) is 17.1 Å². The van der Waals surface area contributed by atoms with Gasteiger partial charge in [0.15, 0.2) is 0 Å². The summed E-state index contributed by atoms with van der Waals surface area (Å²) in [6, 6.07) is 0.0575. The highest BCUT2D eigenvalue weighted by molar-refractivity contribution is 6.30. The summed E-state index contributed by atoms with van der Waals surface area (Å²) in [5.74, 6) is 0. The number of hydrogen-bond donors (Lipinski definition) is 0. The predicted molar refractivity (Wildman–Crippen MR) is 36.2 cm³/mol. The minimum atomic E-state index is -0.395. The maximum atomic E-state index is 8.54. The van der Waals surface area contributed by atoms with Crippen LogP contribution in [0.2, 0.25) is 5.02 Å². The van der Waals surface area contributed by atoms with Crippen molar-refractivity contribution < 1.29 is 5.48 Å². The molecular formula is C7H4ClN. The average molecular weight is 142 g/mol. The van der Waals surface area contributed by atoms with E-state index in [1.807, 2.05) is 0 Å². The minimum Gasteiger partial charge on any atom is -0.192 e. The monoisotopic (exact) mass is 141 g/mol. The fraction of sp³-hybridized carbons (Fsp3) is 0. The van der Waals surface area contributed by atoms with E-state index in [-0.39, 0.29) is 22.7 Å². The fourth-order valence-electron chi connectivity index (χ4n) is 0.353. The summed E-state index contributed by atoms with van der Waals surface area (Å²) in [7, 11) is 0. The molecule has 1 aromatic carbocycles. The Kier molecular flexibility index (Phi) is 0.762. The van der Waals surface area contributed by atoms with E-state index in [0.29, 0.717) is 0 Å². The quantitative estimate of drug-likeness (QED) is 0.544. The Morgan fingerprint density at radius 3 is 2.44 bits per heavy atom. The van der Waals surface area contributed by atoms with E-state index in [2.05, 4.69) is 0 Å². The highest BCUT2D eigenvalue weighted by Crippen LogP contribution is 2.07. The average Bonchev–Trinajstić information content (AvgIpc) is 2.13. The molecular weight excluding hydrogens is 134 g/mol. The van der Waals surface area contributed by atoms with Crippen molar-refractivity contribution in [3.05, 3.63) is 34.8 Å². The minimum absolute atomic E-state index is 0.256. The van der Waals surface area contributed by atoms with E-state index >= 15 is 0 Å². The van der Waals surface area contributed by atoms with Gasteiger partial charge in [-0.2, -0.15) is 5.26 Å². The molecule has 0 radical (unpaired) electrons. The second-order valence-corrected chi connectivity index (χ2v) is 1.68. The molecule has 0 bridgehead atoms. The van der Waals surface area contributed by atoms with Gasteiger partial charge >= 0.3 is 0 Å². The molecule has 1 nitrogen and oxygen atoms in total. The molecule has 1 rings (SSSR count). The van der Waals surface area contributed by atoms with Crippen LogP contribution in [0.15, 0.2) is 24.2 Å². The number of rotatable bonds is 0. The zero-order valence-electron chi connectivity index (χ0n) is 8.33. The third-order valence-corrected chi connectivity index (χ3v) is 0.895. The van der Waals surface area contributed by atoms with Crippen LogP contribution in [0.3, 0.4) is 0 Å². The molecule has 0 N–H and O–H groups in total. The molecule has 0 spiro atoms. The maximum Gasteiger partial charge on any atom is 0.0991 e. The summed E-state index contributed by atoms with van der Waals surface area (Å²) in [6.45, 7) is 0. The van der Waals surface area contributed by atoms with E-state index in [4.69, 9.17) is 22.3 Å². The standard InChI is InChI=1S/C7H4ClN/c8-7-3-1-6(5-9)2-4-7/h1-4H/i1D,2D,3D,4D. The van der Waals surface area contributed by atoms with Gasteiger partial charge in [0.2, 0.25) is 0 Å². The van der Waals surface area contributed by atoms with E-state index in [1.165, 1.54) is 0 Å². The lowest BCUT2D eigenvalue weighted by Gasteiger charge is -1.86. The molecule has 0 amide bonds. The number of halogens is 1. The van der Waals surface area contributed by atoms with Gasteiger partial charge in [0, 0.05) is 5.02 Å². The van der Waals surface area contributed by atoms with Crippen molar-refractivity contribution in [1.29, 1.82) is 5.26 Å². The van der Waals surface area contributed by atoms with Crippen LogP contribution >= 0.6 is 11.6 Å². The number of benzene rings is 1. The van der Waals surface area contributed by atoms with Crippen LogP contribution in [0.5, 0.6) is 0 Å². The smallest absolute Gasteiger partial charge is 0.0991 e. The molecule has 0 saturated heterocycles. The zero-order chi connectivity index (χ0) is 10.2. The second-order valence-electron chi connectivity index (χ2n) is 1.30.